The normalized spacial score (nSPS) is 26.5. The summed E-state index contributed by atoms with van der Waals surface area (Å²) in [6.07, 6.45) is 5.92. The minimum Gasteiger partial charge on any atom is -0.468 e. The average molecular weight is 241 g/mol. The molecule has 1 aliphatic carbocycles. The minimum atomic E-state index is -0.466. The van der Waals surface area contributed by atoms with E-state index in [0.29, 0.717) is 12.8 Å². The van der Waals surface area contributed by atoms with Crippen molar-refractivity contribution in [2.75, 3.05) is 13.7 Å². The van der Waals surface area contributed by atoms with Gasteiger partial charge in [0, 0.05) is 5.92 Å². The Morgan fingerprint density at radius 3 is 2.88 bits per heavy atom. The van der Waals surface area contributed by atoms with Crippen molar-refractivity contribution in [1.82, 2.24) is 5.32 Å². The van der Waals surface area contributed by atoms with E-state index in [2.05, 4.69) is 10.1 Å². The van der Waals surface area contributed by atoms with Crippen LogP contribution >= 0.6 is 0 Å². The Bertz CT molecular complexity index is 301. The molecule has 17 heavy (non-hydrogen) atoms. The Morgan fingerprint density at radius 1 is 1.41 bits per heavy atom. The van der Waals surface area contributed by atoms with Gasteiger partial charge in [0.2, 0.25) is 5.91 Å². The van der Waals surface area contributed by atoms with Crippen LogP contribution < -0.4 is 5.32 Å². The Morgan fingerprint density at radius 2 is 2.18 bits per heavy atom. The molecular weight excluding hydrogens is 222 g/mol. The molecule has 0 aromatic rings. The van der Waals surface area contributed by atoms with Gasteiger partial charge in [-0.2, -0.15) is 0 Å². The number of carbonyl (C=O) groups is 2. The van der Waals surface area contributed by atoms with Crippen LogP contribution in [0.25, 0.3) is 0 Å². The summed E-state index contributed by atoms with van der Waals surface area (Å²) < 4.78 is 4.44. The van der Waals surface area contributed by atoms with Crippen molar-refractivity contribution in [2.45, 2.75) is 31.8 Å². The molecule has 1 amide bonds. The third kappa shape index (κ3) is 4.99. The van der Waals surface area contributed by atoms with Crippen molar-refractivity contribution in [1.29, 1.82) is 0 Å². The first kappa shape index (κ1) is 13.7. The van der Waals surface area contributed by atoms with E-state index in [4.69, 9.17) is 0 Å². The molecule has 2 N–H and O–H groups in total. The Hall–Kier alpha value is -1.36. The first-order chi connectivity index (χ1) is 8.13. The summed E-state index contributed by atoms with van der Waals surface area (Å²) in [5.41, 5.74) is 0. The standard InChI is InChI=1S/C12H19NO4/c1-17-11(15)8-13-12(16)9-4-2-3-5-10(14)7-6-9/h3,5,9-10,14H,2,4,6-8H2,1H3,(H,13,16)/b5-3+. The zero-order valence-corrected chi connectivity index (χ0v) is 10.0. The molecule has 0 saturated carbocycles. The number of methoxy groups -OCH3 is 1. The molecule has 96 valence electrons. The zero-order valence-electron chi connectivity index (χ0n) is 10.0. The van der Waals surface area contributed by atoms with E-state index in [0.717, 1.165) is 12.8 Å². The second-order valence-electron chi connectivity index (χ2n) is 4.14. The molecule has 0 aromatic carbocycles. The maximum Gasteiger partial charge on any atom is 0.325 e. The van der Waals surface area contributed by atoms with Gasteiger partial charge in [0.25, 0.3) is 0 Å². The molecule has 0 fully saturated rings. The van der Waals surface area contributed by atoms with Crippen molar-refractivity contribution >= 4 is 11.9 Å². The molecule has 0 spiro atoms. The van der Waals surface area contributed by atoms with Crippen LogP contribution in [0.2, 0.25) is 0 Å². The van der Waals surface area contributed by atoms with Crippen LogP contribution in [0.1, 0.15) is 25.7 Å². The quantitative estimate of drug-likeness (QED) is 0.553. The van der Waals surface area contributed by atoms with E-state index < -0.39 is 12.1 Å². The van der Waals surface area contributed by atoms with Gasteiger partial charge in [-0.3, -0.25) is 9.59 Å². The first-order valence-corrected chi connectivity index (χ1v) is 5.82. The molecule has 2 unspecified atom stereocenters. The van der Waals surface area contributed by atoms with Crippen LogP contribution in [-0.4, -0.2) is 36.7 Å². The van der Waals surface area contributed by atoms with E-state index in [9.17, 15) is 14.7 Å². The number of aliphatic hydroxyl groups is 1. The second kappa shape index (κ2) is 7.06. The number of esters is 1. The van der Waals surface area contributed by atoms with Gasteiger partial charge in [0.1, 0.15) is 6.54 Å². The van der Waals surface area contributed by atoms with Crippen molar-refractivity contribution < 1.29 is 19.4 Å². The number of nitrogens with one attached hydrogen (secondary N) is 1. The number of aliphatic hydroxyl groups excluding tert-OH is 1. The lowest BCUT2D eigenvalue weighted by Crippen LogP contribution is -2.35. The van der Waals surface area contributed by atoms with Gasteiger partial charge < -0.3 is 15.2 Å². The average Bonchev–Trinajstić information content (AvgIpc) is 2.31. The third-order valence-corrected chi connectivity index (χ3v) is 2.86. The molecule has 0 radical (unpaired) electrons. The van der Waals surface area contributed by atoms with E-state index >= 15 is 0 Å². The fraction of sp³-hybridized carbons (Fsp3) is 0.667. The number of hydrogen-bond acceptors (Lipinski definition) is 4. The van der Waals surface area contributed by atoms with E-state index in [-0.39, 0.29) is 18.4 Å². The summed E-state index contributed by atoms with van der Waals surface area (Å²) in [6, 6.07) is 0. The van der Waals surface area contributed by atoms with Crippen LogP contribution in [0.3, 0.4) is 0 Å². The Balaban J connectivity index is 2.40. The molecule has 1 aliphatic rings. The highest BCUT2D eigenvalue weighted by molar-refractivity contribution is 5.83. The Kier molecular flexibility index (Phi) is 5.69. The van der Waals surface area contributed by atoms with Crippen LogP contribution in [0.15, 0.2) is 12.2 Å². The maximum atomic E-state index is 11.8. The lowest BCUT2D eigenvalue weighted by atomic mass is 9.92. The van der Waals surface area contributed by atoms with Crippen molar-refractivity contribution in [3.63, 3.8) is 0 Å². The Labute approximate surface area is 101 Å². The summed E-state index contributed by atoms with van der Waals surface area (Å²) in [6.45, 7) is -0.0930. The highest BCUT2D eigenvalue weighted by Crippen LogP contribution is 2.19. The fourth-order valence-electron chi connectivity index (χ4n) is 1.80. The lowest BCUT2D eigenvalue weighted by molar-refractivity contribution is -0.141. The predicted octanol–water partition coefficient (Wildman–Crippen LogP) is 0.383. The summed E-state index contributed by atoms with van der Waals surface area (Å²) in [5.74, 6) is -0.735. The SMILES string of the molecule is COC(=O)CNC(=O)C1CC/C=C/C(O)CC1. The van der Waals surface area contributed by atoms with Gasteiger partial charge in [-0.25, -0.2) is 0 Å². The summed E-state index contributed by atoms with van der Waals surface area (Å²) in [4.78, 5) is 22.7. The molecule has 0 saturated heterocycles. The molecule has 5 heteroatoms. The molecule has 0 bridgehead atoms. The number of allylic oxidation sites excluding steroid dienone is 1. The van der Waals surface area contributed by atoms with Gasteiger partial charge in [0.15, 0.2) is 0 Å². The van der Waals surface area contributed by atoms with Crippen LogP contribution in [0.5, 0.6) is 0 Å². The number of hydrogen-bond donors (Lipinski definition) is 2. The number of rotatable bonds is 3. The third-order valence-electron chi connectivity index (χ3n) is 2.86. The van der Waals surface area contributed by atoms with Gasteiger partial charge in [-0.05, 0) is 25.7 Å². The highest BCUT2D eigenvalue weighted by Gasteiger charge is 2.20. The van der Waals surface area contributed by atoms with E-state index in [1.165, 1.54) is 7.11 Å². The summed E-state index contributed by atoms with van der Waals surface area (Å²) in [5, 5.41) is 12.0. The van der Waals surface area contributed by atoms with Gasteiger partial charge in [-0.15, -0.1) is 0 Å². The smallest absolute Gasteiger partial charge is 0.325 e. The van der Waals surface area contributed by atoms with Crippen molar-refractivity contribution in [2.24, 2.45) is 5.92 Å². The molecule has 0 aromatic heterocycles. The monoisotopic (exact) mass is 241 g/mol. The highest BCUT2D eigenvalue weighted by atomic mass is 16.5. The van der Waals surface area contributed by atoms with E-state index in [1.54, 1.807) is 6.08 Å². The minimum absolute atomic E-state index is 0.0930. The van der Waals surface area contributed by atoms with Crippen molar-refractivity contribution in [3.05, 3.63) is 12.2 Å². The topological polar surface area (TPSA) is 75.6 Å². The van der Waals surface area contributed by atoms with Crippen molar-refractivity contribution in [3.8, 4) is 0 Å². The van der Waals surface area contributed by atoms with Crippen LogP contribution in [-0.2, 0) is 14.3 Å². The van der Waals surface area contributed by atoms with Gasteiger partial charge in [0.05, 0.1) is 13.2 Å². The number of ether oxygens (including phenoxy) is 1. The molecule has 1 rings (SSSR count). The first-order valence-electron chi connectivity index (χ1n) is 5.82. The summed E-state index contributed by atoms with van der Waals surface area (Å²) in [7, 11) is 1.28. The van der Waals surface area contributed by atoms with Crippen LogP contribution in [0, 0.1) is 5.92 Å². The zero-order chi connectivity index (χ0) is 12.7. The molecule has 0 aliphatic heterocycles. The largest absolute Gasteiger partial charge is 0.468 e. The fourth-order valence-corrected chi connectivity index (χ4v) is 1.80. The molecular formula is C12H19NO4. The summed E-state index contributed by atoms with van der Waals surface area (Å²) >= 11 is 0. The van der Waals surface area contributed by atoms with Gasteiger partial charge in [-0.1, -0.05) is 12.2 Å². The predicted molar refractivity (Wildman–Crippen MR) is 62.1 cm³/mol. The molecule has 5 nitrogen and oxygen atoms in total. The maximum absolute atomic E-state index is 11.8. The number of carbonyl (C=O) groups excluding carboxylic acids is 2. The number of amides is 1. The molecule has 0 heterocycles. The second-order valence-corrected chi connectivity index (χ2v) is 4.14. The van der Waals surface area contributed by atoms with Crippen LogP contribution in [0.4, 0.5) is 0 Å². The van der Waals surface area contributed by atoms with Gasteiger partial charge >= 0.3 is 5.97 Å². The van der Waals surface area contributed by atoms with E-state index in [1.807, 2.05) is 6.08 Å². The molecule has 2 atom stereocenters. The lowest BCUT2D eigenvalue weighted by Gasteiger charge is -2.18.